The standard InChI is InChI=1S/C36H21BO2/c1-2-12-23-22(11-1)24-13-3-4-15-26(24)28-21-33-35-36(34(28)27-16-6-5-14-25(23)27)39-32-20-10-8-18-30(32)37(35)29-17-7-9-19-31(29)38-33/h1-21H. The first-order valence-electron chi connectivity index (χ1n) is 13.4. The second-order valence-corrected chi connectivity index (χ2v) is 10.4. The third kappa shape index (κ3) is 2.82. The number of para-hydroxylation sites is 2. The Labute approximate surface area is 227 Å². The third-order valence-electron chi connectivity index (χ3n) is 8.38. The molecule has 0 atom stereocenters. The van der Waals surface area contributed by atoms with E-state index in [1.165, 1.54) is 44.3 Å². The van der Waals surface area contributed by atoms with Crippen LogP contribution in [0.3, 0.4) is 0 Å². The molecule has 180 valence electrons. The maximum Gasteiger partial charge on any atom is 0.260 e. The van der Waals surface area contributed by atoms with Crippen LogP contribution < -0.4 is 25.9 Å². The smallest absolute Gasteiger partial charge is 0.260 e. The lowest BCUT2D eigenvalue weighted by Crippen LogP contribution is -2.57. The Bertz CT molecular complexity index is 1980. The maximum atomic E-state index is 6.91. The number of hydrogen-bond donors (Lipinski definition) is 0. The van der Waals surface area contributed by atoms with Crippen molar-refractivity contribution in [3.8, 4) is 67.5 Å². The summed E-state index contributed by atoms with van der Waals surface area (Å²) in [4.78, 5) is 0. The Hall–Kier alpha value is -5.02. The van der Waals surface area contributed by atoms with Crippen molar-refractivity contribution >= 4 is 23.1 Å². The van der Waals surface area contributed by atoms with Gasteiger partial charge in [-0.05, 0) is 68.1 Å². The summed E-state index contributed by atoms with van der Waals surface area (Å²) >= 11 is 0. The molecule has 0 radical (unpaired) electrons. The van der Waals surface area contributed by atoms with E-state index in [-0.39, 0.29) is 6.71 Å². The van der Waals surface area contributed by atoms with E-state index in [9.17, 15) is 0 Å². The molecule has 2 nitrogen and oxygen atoms in total. The van der Waals surface area contributed by atoms with Crippen molar-refractivity contribution in [2.45, 2.75) is 0 Å². The molecule has 6 aromatic rings. The molecular weight excluding hydrogens is 475 g/mol. The van der Waals surface area contributed by atoms with E-state index in [4.69, 9.17) is 9.47 Å². The van der Waals surface area contributed by atoms with Gasteiger partial charge in [0.25, 0.3) is 6.71 Å². The highest BCUT2D eigenvalue weighted by Gasteiger charge is 2.42. The van der Waals surface area contributed by atoms with E-state index < -0.39 is 0 Å². The molecule has 0 fully saturated rings. The minimum atomic E-state index is 0.0373. The van der Waals surface area contributed by atoms with E-state index in [2.05, 4.69) is 121 Å². The largest absolute Gasteiger partial charge is 0.458 e. The number of hydrogen-bond acceptors (Lipinski definition) is 2. The first-order chi connectivity index (χ1) is 19.4. The Morgan fingerprint density at radius 1 is 0.385 bits per heavy atom. The van der Waals surface area contributed by atoms with Gasteiger partial charge in [-0.25, -0.2) is 0 Å². The van der Waals surface area contributed by atoms with Crippen LogP contribution in [0.15, 0.2) is 127 Å². The lowest BCUT2D eigenvalue weighted by atomic mass is 9.34. The summed E-state index contributed by atoms with van der Waals surface area (Å²) in [6.45, 7) is 0.0373. The molecule has 2 aliphatic heterocycles. The zero-order chi connectivity index (χ0) is 25.5. The van der Waals surface area contributed by atoms with Gasteiger partial charge in [-0.15, -0.1) is 0 Å². The molecule has 0 bridgehead atoms. The van der Waals surface area contributed by atoms with Crippen molar-refractivity contribution in [2.75, 3.05) is 0 Å². The van der Waals surface area contributed by atoms with Crippen molar-refractivity contribution in [2.24, 2.45) is 0 Å². The number of fused-ring (bicyclic) bond motifs is 13. The summed E-state index contributed by atoms with van der Waals surface area (Å²) in [6, 6.07) is 45.2. The molecule has 1 aliphatic carbocycles. The summed E-state index contributed by atoms with van der Waals surface area (Å²) in [5, 5.41) is 0. The second-order valence-electron chi connectivity index (χ2n) is 10.4. The number of ether oxygens (including phenoxy) is 2. The van der Waals surface area contributed by atoms with Gasteiger partial charge in [0.2, 0.25) is 0 Å². The Kier molecular flexibility index (Phi) is 4.17. The molecule has 0 amide bonds. The van der Waals surface area contributed by atoms with Crippen molar-refractivity contribution in [3.05, 3.63) is 127 Å². The molecule has 0 N–H and O–H groups in total. The van der Waals surface area contributed by atoms with E-state index in [0.29, 0.717) is 0 Å². The van der Waals surface area contributed by atoms with Crippen LogP contribution in [0, 0.1) is 0 Å². The Morgan fingerprint density at radius 3 is 1.41 bits per heavy atom. The van der Waals surface area contributed by atoms with Crippen LogP contribution in [0.25, 0.3) is 44.5 Å². The van der Waals surface area contributed by atoms with E-state index in [1.807, 2.05) is 6.07 Å². The van der Waals surface area contributed by atoms with Gasteiger partial charge in [0.05, 0.1) is 0 Å². The molecule has 0 unspecified atom stereocenters. The zero-order valence-corrected chi connectivity index (χ0v) is 21.0. The van der Waals surface area contributed by atoms with Crippen molar-refractivity contribution in [1.29, 1.82) is 0 Å². The van der Waals surface area contributed by atoms with Gasteiger partial charge < -0.3 is 9.47 Å². The maximum absolute atomic E-state index is 6.91. The summed E-state index contributed by atoms with van der Waals surface area (Å²) in [7, 11) is 0. The lowest BCUT2D eigenvalue weighted by molar-refractivity contribution is 0.466. The number of benzene rings is 6. The van der Waals surface area contributed by atoms with Gasteiger partial charge in [-0.3, -0.25) is 0 Å². The van der Waals surface area contributed by atoms with Crippen LogP contribution >= 0.6 is 0 Å². The summed E-state index contributed by atoms with van der Waals surface area (Å²) in [5.41, 5.74) is 12.9. The Balaban J connectivity index is 1.47. The first-order valence-corrected chi connectivity index (χ1v) is 13.4. The van der Waals surface area contributed by atoms with Gasteiger partial charge in [-0.2, -0.15) is 0 Å². The average molecular weight is 496 g/mol. The molecule has 9 rings (SSSR count). The van der Waals surface area contributed by atoms with Crippen LogP contribution in [-0.4, -0.2) is 6.71 Å². The summed E-state index contributed by atoms with van der Waals surface area (Å²) < 4.78 is 13.6. The highest BCUT2D eigenvalue weighted by molar-refractivity contribution is 6.98. The van der Waals surface area contributed by atoms with Gasteiger partial charge in [0.1, 0.15) is 23.0 Å². The second kappa shape index (κ2) is 7.75. The Morgan fingerprint density at radius 2 is 0.821 bits per heavy atom. The zero-order valence-electron chi connectivity index (χ0n) is 21.0. The highest BCUT2D eigenvalue weighted by atomic mass is 16.5. The van der Waals surface area contributed by atoms with Crippen LogP contribution in [0.1, 0.15) is 0 Å². The fraction of sp³-hybridized carbons (Fsp3) is 0. The van der Waals surface area contributed by atoms with Crippen LogP contribution in [0.4, 0.5) is 0 Å². The minimum absolute atomic E-state index is 0.0373. The van der Waals surface area contributed by atoms with Gasteiger partial charge in [0.15, 0.2) is 0 Å². The fourth-order valence-electron chi connectivity index (χ4n) is 6.77. The van der Waals surface area contributed by atoms with Crippen molar-refractivity contribution in [1.82, 2.24) is 0 Å². The molecule has 0 spiro atoms. The van der Waals surface area contributed by atoms with Gasteiger partial charge in [0, 0.05) is 11.0 Å². The normalized spacial score (nSPS) is 13.0. The molecule has 0 aromatic heterocycles. The van der Waals surface area contributed by atoms with Crippen LogP contribution in [0.5, 0.6) is 23.0 Å². The minimum Gasteiger partial charge on any atom is -0.458 e. The van der Waals surface area contributed by atoms with Crippen molar-refractivity contribution in [3.63, 3.8) is 0 Å². The SMILES string of the molecule is c1ccc2c(c1)Oc1cc3c(c4c1B2c1ccccc1O4)-c1ccccc1-c1ccccc1-c1ccccc1-3. The molecule has 0 saturated heterocycles. The molecule has 39 heavy (non-hydrogen) atoms. The quantitative estimate of drug-likeness (QED) is 0.204. The van der Waals surface area contributed by atoms with E-state index >= 15 is 0 Å². The molecule has 0 saturated carbocycles. The topological polar surface area (TPSA) is 18.5 Å². The molecule has 3 heteroatoms. The van der Waals surface area contributed by atoms with Crippen LogP contribution in [0.2, 0.25) is 0 Å². The van der Waals surface area contributed by atoms with Gasteiger partial charge in [-0.1, -0.05) is 109 Å². The monoisotopic (exact) mass is 496 g/mol. The molecular formula is C36H21BO2. The summed E-state index contributed by atoms with van der Waals surface area (Å²) in [6.07, 6.45) is 0. The molecule has 6 aromatic carbocycles. The fourth-order valence-corrected chi connectivity index (χ4v) is 6.77. The predicted octanol–water partition coefficient (Wildman–Crippen LogP) is 7.40. The first kappa shape index (κ1) is 21.0. The predicted molar refractivity (Wildman–Crippen MR) is 159 cm³/mol. The third-order valence-corrected chi connectivity index (χ3v) is 8.38. The van der Waals surface area contributed by atoms with E-state index in [1.54, 1.807) is 0 Å². The average Bonchev–Trinajstić information content (AvgIpc) is 3.00. The molecule has 3 aliphatic rings. The van der Waals surface area contributed by atoms with Crippen molar-refractivity contribution < 1.29 is 9.47 Å². The highest BCUT2D eigenvalue weighted by Crippen LogP contribution is 2.53. The number of rotatable bonds is 0. The van der Waals surface area contributed by atoms with Gasteiger partial charge >= 0.3 is 0 Å². The molecule has 2 heterocycles. The lowest BCUT2D eigenvalue weighted by Gasteiger charge is -2.36. The summed E-state index contributed by atoms with van der Waals surface area (Å²) in [5.74, 6) is 3.56. The van der Waals surface area contributed by atoms with E-state index in [0.717, 1.165) is 39.6 Å². The van der Waals surface area contributed by atoms with Crippen LogP contribution in [-0.2, 0) is 0 Å².